The van der Waals surface area contributed by atoms with Gasteiger partial charge in [-0.25, -0.2) is 0 Å². The number of imide groups is 1. The van der Waals surface area contributed by atoms with E-state index in [1.54, 1.807) is 42.5 Å². The highest BCUT2D eigenvalue weighted by molar-refractivity contribution is 14.1. The zero-order valence-electron chi connectivity index (χ0n) is 19.3. The second kappa shape index (κ2) is 12.3. The van der Waals surface area contributed by atoms with Crippen molar-refractivity contribution in [3.05, 3.63) is 89.8 Å². The fourth-order valence-corrected chi connectivity index (χ4v) is 5.26. The van der Waals surface area contributed by atoms with Crippen LogP contribution in [-0.4, -0.2) is 35.6 Å². The molecule has 3 aromatic carbocycles. The summed E-state index contributed by atoms with van der Waals surface area (Å²) in [6.45, 7) is -0.0763. The molecule has 0 saturated carbocycles. The normalized spacial score (nSPS) is 14.3. The molecule has 1 fully saturated rings. The Morgan fingerprint density at radius 2 is 1.84 bits per heavy atom. The third-order valence-corrected chi connectivity index (χ3v) is 7.62. The summed E-state index contributed by atoms with van der Waals surface area (Å²) >= 11 is 12.4. The lowest BCUT2D eigenvalue weighted by molar-refractivity contribution is -0.127. The highest BCUT2D eigenvalue weighted by Gasteiger charge is 2.36. The Bertz CT molecular complexity index is 1380. The first-order valence-electron chi connectivity index (χ1n) is 10.8. The van der Waals surface area contributed by atoms with Crippen molar-refractivity contribution in [1.29, 1.82) is 0 Å². The molecule has 3 aromatic rings. The van der Waals surface area contributed by atoms with Crippen molar-refractivity contribution < 1.29 is 23.9 Å². The molecule has 3 amide bonds. The molecule has 7 nitrogen and oxygen atoms in total. The van der Waals surface area contributed by atoms with E-state index in [2.05, 4.69) is 43.8 Å². The summed E-state index contributed by atoms with van der Waals surface area (Å²) in [7, 11) is 1.51. The highest BCUT2D eigenvalue weighted by Crippen LogP contribution is 2.39. The molecule has 4 rings (SSSR count). The van der Waals surface area contributed by atoms with Crippen molar-refractivity contribution in [2.45, 2.75) is 6.61 Å². The van der Waals surface area contributed by atoms with E-state index in [0.29, 0.717) is 38.9 Å². The zero-order valence-corrected chi connectivity index (χ0v) is 24.6. The van der Waals surface area contributed by atoms with Gasteiger partial charge in [0.05, 0.1) is 16.5 Å². The van der Waals surface area contributed by atoms with Crippen LogP contribution in [0.5, 0.6) is 11.5 Å². The number of hydrogen-bond acceptors (Lipinski definition) is 6. The van der Waals surface area contributed by atoms with Crippen LogP contribution in [0.25, 0.3) is 6.08 Å². The van der Waals surface area contributed by atoms with Crippen LogP contribution in [0.1, 0.15) is 11.1 Å². The van der Waals surface area contributed by atoms with Crippen LogP contribution < -0.4 is 14.8 Å². The number of benzene rings is 3. The Kier molecular flexibility index (Phi) is 9.17. The lowest BCUT2D eigenvalue weighted by Crippen LogP contribution is -2.36. The molecule has 0 bridgehead atoms. The third-order valence-electron chi connectivity index (χ3n) is 5.15. The highest BCUT2D eigenvalue weighted by atomic mass is 127. The summed E-state index contributed by atoms with van der Waals surface area (Å²) in [6, 6.07) is 18.0. The van der Waals surface area contributed by atoms with Gasteiger partial charge < -0.3 is 14.8 Å². The molecule has 0 unspecified atom stereocenters. The van der Waals surface area contributed by atoms with Gasteiger partial charge in [0.2, 0.25) is 5.91 Å². The maximum Gasteiger partial charge on any atom is 0.294 e. The van der Waals surface area contributed by atoms with Crippen molar-refractivity contribution in [2.24, 2.45) is 0 Å². The number of nitrogens with zero attached hydrogens (tertiary/aromatic N) is 1. The van der Waals surface area contributed by atoms with Crippen molar-refractivity contribution in [1.82, 2.24) is 4.90 Å². The maximum absolute atomic E-state index is 12.9. The predicted molar refractivity (Wildman–Crippen MR) is 157 cm³/mol. The van der Waals surface area contributed by atoms with E-state index in [-0.39, 0.29) is 11.4 Å². The van der Waals surface area contributed by atoms with Crippen molar-refractivity contribution in [2.75, 3.05) is 19.0 Å². The molecule has 1 heterocycles. The van der Waals surface area contributed by atoms with Crippen LogP contribution >= 0.6 is 61.9 Å². The number of carbonyl (C=O) groups is 3. The Hall–Kier alpha value is -2.54. The average Bonchev–Trinajstić information content (AvgIpc) is 3.12. The Morgan fingerprint density at radius 1 is 1.14 bits per heavy atom. The first-order chi connectivity index (χ1) is 17.7. The molecule has 0 aromatic heterocycles. The number of hydrogen-bond donors (Lipinski definition) is 1. The summed E-state index contributed by atoms with van der Waals surface area (Å²) in [5.74, 6) is -0.0528. The van der Waals surface area contributed by atoms with Gasteiger partial charge in [-0.1, -0.05) is 23.7 Å². The van der Waals surface area contributed by atoms with E-state index in [1.807, 2.05) is 24.3 Å². The van der Waals surface area contributed by atoms with Gasteiger partial charge in [0, 0.05) is 14.3 Å². The topological polar surface area (TPSA) is 84.9 Å². The number of halogens is 3. The number of nitrogens with one attached hydrogen (secondary N) is 1. The summed E-state index contributed by atoms with van der Waals surface area (Å²) in [5, 5.41) is 2.83. The first kappa shape index (κ1) is 27.5. The van der Waals surface area contributed by atoms with Crippen molar-refractivity contribution in [3.63, 3.8) is 0 Å². The van der Waals surface area contributed by atoms with Crippen LogP contribution in [-0.2, 0) is 16.2 Å². The Balaban J connectivity index is 1.46. The minimum atomic E-state index is -0.536. The molecule has 0 spiro atoms. The minimum Gasteiger partial charge on any atom is -0.493 e. The quantitative estimate of drug-likeness (QED) is 0.201. The van der Waals surface area contributed by atoms with Gasteiger partial charge in [0.1, 0.15) is 13.2 Å². The summed E-state index contributed by atoms with van der Waals surface area (Å²) < 4.78 is 13.1. The average molecular weight is 714 g/mol. The van der Waals surface area contributed by atoms with E-state index >= 15 is 0 Å². The van der Waals surface area contributed by atoms with E-state index in [1.165, 1.54) is 7.11 Å². The number of methoxy groups -OCH3 is 1. The van der Waals surface area contributed by atoms with E-state index in [0.717, 1.165) is 25.8 Å². The fraction of sp³-hybridized carbons (Fsp3) is 0.115. The summed E-state index contributed by atoms with van der Waals surface area (Å²) in [4.78, 5) is 38.9. The van der Waals surface area contributed by atoms with Gasteiger partial charge in [-0.3, -0.25) is 19.3 Å². The monoisotopic (exact) mass is 712 g/mol. The predicted octanol–water partition coefficient (Wildman–Crippen LogP) is 6.97. The lowest BCUT2D eigenvalue weighted by atomic mass is 10.1. The molecule has 0 radical (unpaired) electrons. The molecule has 37 heavy (non-hydrogen) atoms. The molecule has 0 aliphatic carbocycles. The van der Waals surface area contributed by atoms with Crippen molar-refractivity contribution >= 4 is 90.7 Å². The van der Waals surface area contributed by atoms with Crippen LogP contribution in [0.15, 0.2) is 70.0 Å². The summed E-state index contributed by atoms with van der Waals surface area (Å²) in [6.07, 6.45) is 1.58. The standard InChI is InChI=1S/C26H19BrClIN2O5S/c1-35-21-11-16(10-20(27)24(21)36-14-15-2-4-17(28)5-3-15)12-22-25(33)31(26(34)37-22)13-23(32)30-19-8-6-18(29)7-9-19/h2-12H,13-14H2,1H3,(H,30,32)/b22-12+. The Labute approximate surface area is 244 Å². The Morgan fingerprint density at radius 3 is 2.51 bits per heavy atom. The molecular weight excluding hydrogens is 695 g/mol. The van der Waals surface area contributed by atoms with Gasteiger partial charge in [0.25, 0.3) is 11.1 Å². The molecular formula is C26H19BrClIN2O5S. The third kappa shape index (κ3) is 7.07. The van der Waals surface area contributed by atoms with Gasteiger partial charge >= 0.3 is 0 Å². The maximum atomic E-state index is 12.9. The van der Waals surface area contributed by atoms with Crippen LogP contribution in [0, 0.1) is 3.57 Å². The molecule has 1 aliphatic heterocycles. The second-order valence-corrected chi connectivity index (χ2v) is 11.3. The molecule has 0 atom stereocenters. The molecule has 1 aliphatic rings. The number of thioether (sulfide) groups is 1. The van der Waals surface area contributed by atoms with Crippen molar-refractivity contribution in [3.8, 4) is 11.5 Å². The largest absolute Gasteiger partial charge is 0.493 e. The molecule has 11 heteroatoms. The number of rotatable bonds is 8. The molecule has 1 saturated heterocycles. The lowest BCUT2D eigenvalue weighted by Gasteiger charge is -2.14. The van der Waals surface area contributed by atoms with Crippen LogP contribution in [0.3, 0.4) is 0 Å². The SMILES string of the molecule is COc1cc(/C=C2/SC(=O)N(CC(=O)Nc3ccc(I)cc3)C2=O)cc(Br)c1OCc1ccc(Cl)cc1. The van der Waals surface area contributed by atoms with Gasteiger partial charge in [-0.05, 0) is 116 Å². The van der Waals surface area contributed by atoms with Crippen LogP contribution in [0.4, 0.5) is 10.5 Å². The molecule has 190 valence electrons. The van der Waals surface area contributed by atoms with Crippen LogP contribution in [0.2, 0.25) is 5.02 Å². The second-order valence-electron chi connectivity index (χ2n) is 7.77. The summed E-state index contributed by atoms with van der Waals surface area (Å²) in [5.41, 5.74) is 2.14. The van der Waals surface area contributed by atoms with E-state index in [4.69, 9.17) is 21.1 Å². The van der Waals surface area contributed by atoms with E-state index in [9.17, 15) is 14.4 Å². The molecule has 1 N–H and O–H groups in total. The minimum absolute atomic E-state index is 0.204. The van der Waals surface area contributed by atoms with Gasteiger partial charge in [-0.15, -0.1) is 0 Å². The first-order valence-corrected chi connectivity index (χ1v) is 13.9. The number of amides is 3. The number of ether oxygens (including phenoxy) is 2. The smallest absolute Gasteiger partial charge is 0.294 e. The zero-order chi connectivity index (χ0) is 26.5. The number of carbonyl (C=O) groups excluding carboxylic acids is 3. The van der Waals surface area contributed by atoms with Gasteiger partial charge in [0.15, 0.2) is 11.5 Å². The number of anilines is 1. The van der Waals surface area contributed by atoms with Gasteiger partial charge in [-0.2, -0.15) is 0 Å². The van der Waals surface area contributed by atoms with E-state index < -0.39 is 17.1 Å². The fourth-order valence-electron chi connectivity index (χ4n) is 3.36.